The van der Waals surface area contributed by atoms with Gasteiger partial charge in [0.25, 0.3) is 5.56 Å². The van der Waals surface area contributed by atoms with Crippen molar-refractivity contribution >= 4 is 28.6 Å². The zero-order valence-electron chi connectivity index (χ0n) is 15.7. The molecule has 1 amide bonds. The van der Waals surface area contributed by atoms with Gasteiger partial charge >= 0.3 is 0 Å². The molecule has 1 atom stereocenters. The van der Waals surface area contributed by atoms with Crippen molar-refractivity contribution < 1.29 is 4.79 Å². The fourth-order valence-corrected chi connectivity index (χ4v) is 4.45. The number of fused-ring (bicyclic) bond motifs is 1. The van der Waals surface area contributed by atoms with E-state index in [1.165, 1.54) is 11.8 Å². The van der Waals surface area contributed by atoms with E-state index in [4.69, 9.17) is 4.98 Å². The normalized spacial score (nSPS) is 15.1. The molecule has 0 saturated carbocycles. The van der Waals surface area contributed by atoms with Crippen molar-refractivity contribution in [3.05, 3.63) is 64.7 Å². The van der Waals surface area contributed by atoms with Crippen LogP contribution in [0.1, 0.15) is 25.3 Å². The number of thioether (sulfide) groups is 1. The molecule has 4 rings (SSSR count). The van der Waals surface area contributed by atoms with Gasteiger partial charge in [0.2, 0.25) is 5.91 Å². The van der Waals surface area contributed by atoms with Gasteiger partial charge < -0.3 is 4.90 Å². The topological polar surface area (TPSA) is 68.1 Å². The number of hydrogen-bond acceptors (Lipinski definition) is 5. The van der Waals surface area contributed by atoms with Crippen LogP contribution in [0.2, 0.25) is 0 Å². The first-order chi connectivity index (χ1) is 13.6. The lowest BCUT2D eigenvalue weighted by molar-refractivity contribution is -0.129. The predicted molar refractivity (Wildman–Crippen MR) is 110 cm³/mol. The number of likely N-dealkylation sites (tertiary alicyclic amines) is 1. The van der Waals surface area contributed by atoms with Crippen molar-refractivity contribution in [1.29, 1.82) is 0 Å². The largest absolute Gasteiger partial charge is 0.342 e. The zero-order chi connectivity index (χ0) is 19.5. The minimum Gasteiger partial charge on any atom is -0.342 e. The molecule has 3 aromatic rings. The van der Waals surface area contributed by atoms with Gasteiger partial charge in [0.05, 0.1) is 22.7 Å². The summed E-state index contributed by atoms with van der Waals surface area (Å²) in [5.41, 5.74) is 1.47. The van der Waals surface area contributed by atoms with E-state index in [0.717, 1.165) is 31.5 Å². The fourth-order valence-electron chi connectivity index (χ4n) is 3.45. The van der Waals surface area contributed by atoms with Crippen LogP contribution < -0.4 is 5.56 Å². The summed E-state index contributed by atoms with van der Waals surface area (Å²) in [4.78, 5) is 36.7. The quantitative estimate of drug-likeness (QED) is 0.492. The monoisotopic (exact) mass is 394 g/mol. The molecule has 7 heteroatoms. The average molecular weight is 395 g/mol. The molecule has 6 nitrogen and oxygen atoms in total. The lowest BCUT2D eigenvalue weighted by atomic mass is 10.2. The maximum Gasteiger partial charge on any atom is 0.262 e. The number of amides is 1. The van der Waals surface area contributed by atoms with Crippen LogP contribution in [-0.4, -0.2) is 43.7 Å². The Balaban J connectivity index is 1.71. The number of carbonyl (C=O) groups excluding carboxylic acids is 1. The molecule has 0 radical (unpaired) electrons. The van der Waals surface area contributed by atoms with Crippen molar-refractivity contribution in [2.75, 3.05) is 13.1 Å². The number of carbonyl (C=O) groups is 1. The summed E-state index contributed by atoms with van der Waals surface area (Å²) in [5, 5.41) is 0.841. The summed E-state index contributed by atoms with van der Waals surface area (Å²) in [6.45, 7) is 3.90. The van der Waals surface area contributed by atoms with Crippen molar-refractivity contribution in [3.8, 4) is 0 Å². The summed E-state index contributed by atoms with van der Waals surface area (Å²) < 4.78 is 1.65. The van der Waals surface area contributed by atoms with E-state index in [1.807, 2.05) is 42.2 Å². The number of pyridine rings is 1. The molecule has 1 fully saturated rings. The molecule has 1 aromatic carbocycles. The Kier molecular flexibility index (Phi) is 5.43. The molecular formula is C21H22N4O2S. The fraction of sp³-hybridized carbons (Fsp3) is 0.333. The second-order valence-electron chi connectivity index (χ2n) is 6.96. The SMILES string of the molecule is CC(Sc1nc2ccccc2c(=O)n1Cc1cccnc1)C(=O)N1CCCC1. The number of para-hydroxylation sites is 1. The van der Waals surface area contributed by atoms with Crippen LogP contribution in [0.3, 0.4) is 0 Å². The van der Waals surface area contributed by atoms with Crippen molar-refractivity contribution in [2.24, 2.45) is 0 Å². The molecule has 0 N–H and O–H groups in total. The van der Waals surface area contributed by atoms with Crippen LogP contribution in [0.5, 0.6) is 0 Å². The molecule has 144 valence electrons. The Labute approximate surface area is 167 Å². The van der Waals surface area contributed by atoms with E-state index in [1.54, 1.807) is 23.0 Å². The molecule has 28 heavy (non-hydrogen) atoms. The molecule has 2 aromatic heterocycles. The highest BCUT2D eigenvalue weighted by molar-refractivity contribution is 8.00. The second-order valence-corrected chi connectivity index (χ2v) is 8.26. The van der Waals surface area contributed by atoms with Crippen molar-refractivity contribution in [1.82, 2.24) is 19.4 Å². The molecule has 1 saturated heterocycles. The third-order valence-electron chi connectivity index (χ3n) is 4.94. The summed E-state index contributed by atoms with van der Waals surface area (Å²) in [5.74, 6) is 0.109. The number of hydrogen-bond donors (Lipinski definition) is 0. The number of aromatic nitrogens is 3. The summed E-state index contributed by atoms with van der Waals surface area (Å²) in [7, 11) is 0. The second kappa shape index (κ2) is 8.14. The van der Waals surface area contributed by atoms with E-state index in [9.17, 15) is 9.59 Å². The van der Waals surface area contributed by atoms with Gasteiger partial charge in [-0.05, 0) is 43.5 Å². The van der Waals surface area contributed by atoms with Gasteiger partial charge in [0, 0.05) is 25.5 Å². The standard InChI is InChI=1S/C21H22N4O2S/c1-15(19(26)24-11-4-5-12-24)28-21-23-18-9-3-2-8-17(18)20(27)25(21)14-16-7-6-10-22-13-16/h2-3,6-10,13,15H,4-5,11-12,14H2,1H3. The Hall–Kier alpha value is -2.67. The van der Waals surface area contributed by atoms with Crippen molar-refractivity contribution in [3.63, 3.8) is 0 Å². The molecule has 0 spiro atoms. The first-order valence-corrected chi connectivity index (χ1v) is 10.4. The van der Waals surface area contributed by atoms with Crippen LogP contribution in [0.4, 0.5) is 0 Å². The van der Waals surface area contributed by atoms with E-state index in [0.29, 0.717) is 22.6 Å². The Morgan fingerprint density at radius 1 is 1.18 bits per heavy atom. The van der Waals surface area contributed by atoms with E-state index >= 15 is 0 Å². The zero-order valence-corrected chi connectivity index (χ0v) is 16.6. The Morgan fingerprint density at radius 2 is 1.96 bits per heavy atom. The molecule has 1 aliphatic rings. The Bertz CT molecular complexity index is 1050. The van der Waals surface area contributed by atoms with Crippen LogP contribution in [-0.2, 0) is 11.3 Å². The first kappa shape index (κ1) is 18.7. The predicted octanol–water partition coefficient (Wildman–Crippen LogP) is 2.94. The van der Waals surface area contributed by atoms with E-state index in [-0.39, 0.29) is 16.7 Å². The van der Waals surface area contributed by atoms with Gasteiger partial charge in [-0.15, -0.1) is 0 Å². The van der Waals surface area contributed by atoms with Gasteiger partial charge in [-0.2, -0.15) is 0 Å². The van der Waals surface area contributed by atoms with E-state index in [2.05, 4.69) is 4.98 Å². The maximum atomic E-state index is 13.2. The highest BCUT2D eigenvalue weighted by atomic mass is 32.2. The third kappa shape index (κ3) is 3.80. The van der Waals surface area contributed by atoms with Gasteiger partial charge in [0.15, 0.2) is 5.16 Å². The van der Waals surface area contributed by atoms with Crippen LogP contribution >= 0.6 is 11.8 Å². The molecule has 0 bridgehead atoms. The minimum atomic E-state index is -0.300. The van der Waals surface area contributed by atoms with Crippen LogP contribution in [0, 0.1) is 0 Å². The molecular weight excluding hydrogens is 372 g/mol. The lowest BCUT2D eigenvalue weighted by Crippen LogP contribution is -2.34. The third-order valence-corrected chi connectivity index (χ3v) is 6.02. The van der Waals surface area contributed by atoms with Gasteiger partial charge in [-0.1, -0.05) is 30.0 Å². The Morgan fingerprint density at radius 3 is 2.71 bits per heavy atom. The smallest absolute Gasteiger partial charge is 0.262 e. The summed E-state index contributed by atoms with van der Waals surface area (Å²) in [6.07, 6.45) is 5.57. The lowest BCUT2D eigenvalue weighted by Gasteiger charge is -2.21. The number of nitrogens with zero attached hydrogens (tertiary/aromatic N) is 4. The number of benzene rings is 1. The highest BCUT2D eigenvalue weighted by Crippen LogP contribution is 2.25. The molecule has 1 aliphatic heterocycles. The van der Waals surface area contributed by atoms with Crippen LogP contribution in [0.15, 0.2) is 58.7 Å². The first-order valence-electron chi connectivity index (χ1n) is 9.47. The summed E-state index contributed by atoms with van der Waals surface area (Å²) in [6, 6.07) is 11.1. The number of rotatable bonds is 5. The average Bonchev–Trinajstić information content (AvgIpc) is 3.26. The van der Waals surface area contributed by atoms with Gasteiger partial charge in [-0.3, -0.25) is 19.1 Å². The highest BCUT2D eigenvalue weighted by Gasteiger charge is 2.25. The molecule has 0 aliphatic carbocycles. The maximum absolute atomic E-state index is 13.2. The summed E-state index contributed by atoms with van der Waals surface area (Å²) >= 11 is 1.35. The minimum absolute atomic E-state index is 0.0993. The van der Waals surface area contributed by atoms with Gasteiger partial charge in [0.1, 0.15) is 0 Å². The molecule has 1 unspecified atom stereocenters. The van der Waals surface area contributed by atoms with Gasteiger partial charge in [-0.25, -0.2) is 4.98 Å². The van der Waals surface area contributed by atoms with E-state index < -0.39 is 0 Å². The van der Waals surface area contributed by atoms with Crippen molar-refractivity contribution in [2.45, 2.75) is 36.7 Å². The molecule has 3 heterocycles. The van der Waals surface area contributed by atoms with Crippen LogP contribution in [0.25, 0.3) is 10.9 Å².